The van der Waals surface area contributed by atoms with E-state index in [9.17, 15) is 4.79 Å². The first kappa shape index (κ1) is 15.4. The van der Waals surface area contributed by atoms with Gasteiger partial charge in [-0.2, -0.15) is 0 Å². The highest BCUT2D eigenvalue weighted by Crippen LogP contribution is 2.38. The van der Waals surface area contributed by atoms with Gasteiger partial charge < -0.3 is 0 Å². The normalized spacial score (nSPS) is 13.7. The topological polar surface area (TPSA) is 17.1 Å². The van der Waals surface area contributed by atoms with Crippen molar-refractivity contribution in [3.8, 4) is 0 Å². The summed E-state index contributed by atoms with van der Waals surface area (Å²) in [6, 6.07) is 12.9. The molecule has 0 bridgehead atoms. The Morgan fingerprint density at radius 3 is 2.64 bits per heavy atom. The zero-order chi connectivity index (χ0) is 15.7. The van der Waals surface area contributed by atoms with Crippen LogP contribution in [0.2, 0.25) is 0 Å². The first-order valence-corrected chi connectivity index (χ1v) is 8.87. The Hall–Kier alpha value is -1.54. The second kappa shape index (κ2) is 6.29. The summed E-state index contributed by atoms with van der Waals surface area (Å²) in [5, 5.41) is 0. The van der Waals surface area contributed by atoms with E-state index in [2.05, 4.69) is 51.1 Å². The smallest absolute Gasteiger partial charge is 0.168 e. The van der Waals surface area contributed by atoms with E-state index in [0.29, 0.717) is 12.3 Å². The van der Waals surface area contributed by atoms with Crippen LogP contribution in [0.15, 0.2) is 46.2 Å². The number of benzene rings is 2. The molecule has 0 radical (unpaired) electrons. The fraction of sp³-hybridized carbons (Fsp3) is 0.350. The molecule has 1 aliphatic heterocycles. The molecule has 0 aliphatic carbocycles. The van der Waals surface area contributed by atoms with Gasteiger partial charge in [0, 0.05) is 21.8 Å². The summed E-state index contributed by atoms with van der Waals surface area (Å²) in [6.45, 7) is 6.57. The van der Waals surface area contributed by atoms with Gasteiger partial charge in [-0.3, -0.25) is 4.79 Å². The van der Waals surface area contributed by atoms with E-state index in [-0.39, 0.29) is 5.78 Å². The molecule has 0 spiro atoms. The molecule has 0 unspecified atom stereocenters. The molecular weight excluding hydrogens is 288 g/mol. The Labute approximate surface area is 137 Å². The van der Waals surface area contributed by atoms with Crippen LogP contribution in [0.1, 0.15) is 60.2 Å². The first-order chi connectivity index (χ1) is 10.6. The number of carbonyl (C=O) groups is 1. The van der Waals surface area contributed by atoms with Crippen LogP contribution in [-0.2, 0) is 12.8 Å². The van der Waals surface area contributed by atoms with Crippen molar-refractivity contribution >= 4 is 17.5 Å². The largest absolute Gasteiger partial charge is 0.294 e. The van der Waals surface area contributed by atoms with Crippen molar-refractivity contribution in [1.82, 2.24) is 0 Å². The minimum Gasteiger partial charge on any atom is -0.294 e. The zero-order valence-electron chi connectivity index (χ0n) is 13.5. The van der Waals surface area contributed by atoms with E-state index in [1.165, 1.54) is 21.6 Å². The molecule has 2 aromatic carbocycles. The van der Waals surface area contributed by atoms with Crippen molar-refractivity contribution in [3.63, 3.8) is 0 Å². The van der Waals surface area contributed by atoms with Crippen LogP contribution in [-0.4, -0.2) is 5.78 Å². The van der Waals surface area contributed by atoms with Gasteiger partial charge in [0.2, 0.25) is 0 Å². The lowest BCUT2D eigenvalue weighted by Crippen LogP contribution is -2.04. The molecule has 0 saturated heterocycles. The summed E-state index contributed by atoms with van der Waals surface area (Å²) in [5.41, 5.74) is 4.69. The van der Waals surface area contributed by atoms with E-state index < -0.39 is 0 Å². The summed E-state index contributed by atoms with van der Waals surface area (Å²) >= 11 is 1.75. The Morgan fingerprint density at radius 1 is 1.09 bits per heavy atom. The summed E-state index contributed by atoms with van der Waals surface area (Å²) in [4.78, 5) is 14.9. The summed E-state index contributed by atoms with van der Waals surface area (Å²) < 4.78 is 0. The number of aryl methyl sites for hydroxylation is 1. The zero-order valence-corrected chi connectivity index (χ0v) is 14.3. The van der Waals surface area contributed by atoms with Gasteiger partial charge in [0.05, 0.1) is 0 Å². The third-order valence-corrected chi connectivity index (χ3v) is 5.38. The second-order valence-corrected chi connectivity index (χ2v) is 7.39. The lowest BCUT2D eigenvalue weighted by Gasteiger charge is -2.10. The number of ketones is 1. The van der Waals surface area contributed by atoms with Crippen LogP contribution in [0.25, 0.3) is 0 Å². The van der Waals surface area contributed by atoms with Crippen molar-refractivity contribution in [2.24, 2.45) is 0 Å². The van der Waals surface area contributed by atoms with Gasteiger partial charge in [-0.1, -0.05) is 57.2 Å². The van der Waals surface area contributed by atoms with Gasteiger partial charge in [0.25, 0.3) is 0 Å². The summed E-state index contributed by atoms with van der Waals surface area (Å²) in [7, 11) is 0. The van der Waals surface area contributed by atoms with Crippen LogP contribution in [0.4, 0.5) is 0 Å². The monoisotopic (exact) mass is 310 g/mol. The SMILES string of the molecule is CCCc1ccc2c(c1)Sc1ccc(C(C)C)cc1CC2=O. The minimum atomic E-state index is 0.241. The molecule has 0 atom stereocenters. The van der Waals surface area contributed by atoms with Crippen molar-refractivity contribution < 1.29 is 4.79 Å². The van der Waals surface area contributed by atoms with Crippen LogP contribution in [0.5, 0.6) is 0 Å². The van der Waals surface area contributed by atoms with Gasteiger partial charge in [0.1, 0.15) is 0 Å². The van der Waals surface area contributed by atoms with Crippen LogP contribution in [0.3, 0.4) is 0 Å². The Kier molecular flexibility index (Phi) is 4.39. The molecule has 0 amide bonds. The maximum atomic E-state index is 12.6. The predicted octanol–water partition coefficient (Wildman–Crippen LogP) is 5.65. The third kappa shape index (κ3) is 2.98. The fourth-order valence-electron chi connectivity index (χ4n) is 2.91. The van der Waals surface area contributed by atoms with Crippen molar-refractivity contribution in [1.29, 1.82) is 0 Å². The van der Waals surface area contributed by atoms with E-state index >= 15 is 0 Å². The molecule has 0 fully saturated rings. The van der Waals surface area contributed by atoms with Crippen LogP contribution >= 0.6 is 11.8 Å². The van der Waals surface area contributed by atoms with Gasteiger partial charge >= 0.3 is 0 Å². The molecule has 0 aromatic heterocycles. The summed E-state index contributed by atoms with van der Waals surface area (Å²) in [5.74, 6) is 0.734. The Balaban J connectivity index is 2.03. The molecule has 0 saturated carbocycles. The average Bonchev–Trinajstić information content (AvgIpc) is 2.62. The predicted molar refractivity (Wildman–Crippen MR) is 93.1 cm³/mol. The maximum Gasteiger partial charge on any atom is 0.168 e. The van der Waals surface area contributed by atoms with Gasteiger partial charge in [-0.15, -0.1) is 0 Å². The quantitative estimate of drug-likeness (QED) is 0.728. The standard InChI is InChI=1S/C20H22OS/c1-4-5-14-6-8-17-18(21)12-16-11-15(13(2)3)7-9-19(16)22-20(17)10-14/h6-11,13H,4-5,12H2,1-3H3. The number of Topliss-reactive ketones (excluding diaryl/α,β-unsaturated/α-hetero) is 1. The molecule has 0 N–H and O–H groups in total. The minimum absolute atomic E-state index is 0.241. The Morgan fingerprint density at radius 2 is 1.91 bits per heavy atom. The number of hydrogen-bond donors (Lipinski definition) is 0. The molecule has 3 rings (SSSR count). The third-order valence-electron chi connectivity index (χ3n) is 4.21. The van der Waals surface area contributed by atoms with Crippen LogP contribution in [0, 0.1) is 0 Å². The fourth-order valence-corrected chi connectivity index (χ4v) is 4.05. The first-order valence-electron chi connectivity index (χ1n) is 8.05. The molecule has 114 valence electrons. The lowest BCUT2D eigenvalue weighted by molar-refractivity contribution is 0.0990. The number of rotatable bonds is 3. The highest BCUT2D eigenvalue weighted by atomic mass is 32.2. The molecule has 1 aliphatic rings. The van der Waals surface area contributed by atoms with Crippen molar-refractivity contribution in [2.45, 2.75) is 55.7 Å². The highest BCUT2D eigenvalue weighted by Gasteiger charge is 2.21. The van der Waals surface area contributed by atoms with E-state index in [1.807, 2.05) is 6.07 Å². The maximum absolute atomic E-state index is 12.6. The van der Waals surface area contributed by atoms with Gasteiger partial charge in [-0.25, -0.2) is 0 Å². The molecule has 22 heavy (non-hydrogen) atoms. The van der Waals surface area contributed by atoms with Crippen LogP contribution < -0.4 is 0 Å². The lowest BCUT2D eigenvalue weighted by atomic mass is 9.96. The molecular formula is C20H22OS. The molecule has 2 heteroatoms. The number of hydrogen-bond acceptors (Lipinski definition) is 2. The van der Waals surface area contributed by atoms with Crippen molar-refractivity contribution in [2.75, 3.05) is 0 Å². The molecule has 2 aromatic rings. The van der Waals surface area contributed by atoms with Crippen molar-refractivity contribution in [3.05, 3.63) is 58.7 Å². The van der Waals surface area contributed by atoms with E-state index in [1.54, 1.807) is 11.8 Å². The Bertz CT molecular complexity index is 716. The van der Waals surface area contributed by atoms with E-state index in [0.717, 1.165) is 23.3 Å². The van der Waals surface area contributed by atoms with E-state index in [4.69, 9.17) is 0 Å². The average molecular weight is 310 g/mol. The van der Waals surface area contributed by atoms with Gasteiger partial charge in [0.15, 0.2) is 5.78 Å². The van der Waals surface area contributed by atoms with Gasteiger partial charge in [-0.05, 0) is 47.2 Å². The number of carbonyl (C=O) groups excluding carboxylic acids is 1. The highest BCUT2D eigenvalue weighted by molar-refractivity contribution is 7.99. The number of fused-ring (bicyclic) bond motifs is 2. The summed E-state index contributed by atoms with van der Waals surface area (Å²) in [6.07, 6.45) is 2.72. The second-order valence-electron chi connectivity index (χ2n) is 6.30. The molecule has 1 heterocycles. The molecule has 1 nitrogen and oxygen atoms in total.